The lowest BCUT2D eigenvalue weighted by Gasteiger charge is -2.30. The highest BCUT2D eigenvalue weighted by atomic mass is 19.1. The fourth-order valence-corrected chi connectivity index (χ4v) is 5.25. The van der Waals surface area contributed by atoms with Gasteiger partial charge in [-0.05, 0) is 48.1 Å². The van der Waals surface area contributed by atoms with Crippen molar-refractivity contribution in [1.82, 2.24) is 0 Å². The van der Waals surface area contributed by atoms with Crippen LogP contribution in [0, 0.1) is 5.82 Å². The third kappa shape index (κ3) is 8.41. The van der Waals surface area contributed by atoms with Gasteiger partial charge in [0, 0.05) is 13.0 Å². The van der Waals surface area contributed by atoms with Gasteiger partial charge in [-0.3, -0.25) is 0 Å². The molecule has 0 amide bonds. The summed E-state index contributed by atoms with van der Waals surface area (Å²) < 4.78 is 26.1. The highest BCUT2D eigenvalue weighted by Crippen LogP contribution is 2.36. The maximum Gasteiger partial charge on any atom is 0.165 e. The zero-order chi connectivity index (χ0) is 24.0. The van der Waals surface area contributed by atoms with E-state index in [1.165, 1.54) is 76.2 Å². The number of halogens is 1. The summed E-state index contributed by atoms with van der Waals surface area (Å²) in [5, 5.41) is 0. The first-order valence-corrected chi connectivity index (χ1v) is 13.8. The van der Waals surface area contributed by atoms with Crippen LogP contribution in [-0.2, 0) is 4.74 Å². The summed E-state index contributed by atoms with van der Waals surface area (Å²) >= 11 is 0. The number of hydrogen-bond donors (Lipinski definition) is 0. The van der Waals surface area contributed by atoms with E-state index in [9.17, 15) is 4.39 Å². The van der Waals surface area contributed by atoms with Crippen LogP contribution in [0.25, 0.3) is 11.1 Å². The topological polar surface area (TPSA) is 18.5 Å². The Morgan fingerprint density at radius 1 is 0.765 bits per heavy atom. The molecular formula is C31H45FO2. The summed E-state index contributed by atoms with van der Waals surface area (Å²) in [7, 11) is 1.82. The summed E-state index contributed by atoms with van der Waals surface area (Å²) in [4.78, 5) is 0. The molecule has 1 saturated carbocycles. The number of rotatable bonds is 15. The Morgan fingerprint density at radius 2 is 1.38 bits per heavy atom. The molecule has 1 aliphatic carbocycles. The Balaban J connectivity index is 1.40. The maximum atomic E-state index is 14.7. The molecule has 2 aromatic carbocycles. The van der Waals surface area contributed by atoms with Gasteiger partial charge in [0.05, 0.1) is 12.7 Å². The molecule has 188 valence electrons. The fourth-order valence-electron chi connectivity index (χ4n) is 5.25. The first-order valence-electron chi connectivity index (χ1n) is 13.8. The molecule has 0 aromatic heterocycles. The van der Waals surface area contributed by atoms with Crippen LogP contribution >= 0.6 is 0 Å². The van der Waals surface area contributed by atoms with Crippen molar-refractivity contribution in [2.24, 2.45) is 0 Å². The van der Waals surface area contributed by atoms with Gasteiger partial charge in [0.15, 0.2) is 11.6 Å². The summed E-state index contributed by atoms with van der Waals surface area (Å²) in [5.41, 5.74) is 3.25. The van der Waals surface area contributed by atoms with Crippen LogP contribution < -0.4 is 4.74 Å². The second-order valence-electron chi connectivity index (χ2n) is 9.96. The maximum absolute atomic E-state index is 14.7. The second-order valence-corrected chi connectivity index (χ2v) is 9.96. The molecule has 0 bridgehead atoms. The van der Waals surface area contributed by atoms with Crippen LogP contribution in [0.2, 0.25) is 0 Å². The monoisotopic (exact) mass is 468 g/mol. The van der Waals surface area contributed by atoms with Crippen LogP contribution in [0.4, 0.5) is 4.39 Å². The molecule has 1 aliphatic rings. The molecule has 34 heavy (non-hydrogen) atoms. The normalized spacial score (nSPS) is 18.2. The largest absolute Gasteiger partial charge is 0.491 e. The first kappa shape index (κ1) is 26.7. The number of methoxy groups -OCH3 is 1. The molecule has 0 aliphatic heterocycles. The number of benzene rings is 2. The molecule has 0 unspecified atom stereocenters. The smallest absolute Gasteiger partial charge is 0.165 e. The molecule has 3 rings (SSSR count). The standard InChI is InChI=1S/C31H45FO2/c1-3-4-5-6-7-8-9-10-11-14-23-34-31-22-21-27(24-29(31)32)25-17-19-26(20-18-25)28-15-12-13-16-30(28)33-2/h17-22,24,28,30H,3-16,23H2,1-2H3/t28-,30+/m1/s1. The number of hydrogen-bond acceptors (Lipinski definition) is 2. The summed E-state index contributed by atoms with van der Waals surface area (Å²) in [5.74, 6) is 0.549. The van der Waals surface area contributed by atoms with Crippen molar-refractivity contribution in [2.75, 3.05) is 13.7 Å². The molecule has 2 aromatic rings. The van der Waals surface area contributed by atoms with E-state index >= 15 is 0 Å². The predicted octanol–water partition coefficient (Wildman–Crippen LogP) is 9.46. The van der Waals surface area contributed by atoms with Crippen molar-refractivity contribution >= 4 is 0 Å². The van der Waals surface area contributed by atoms with Gasteiger partial charge in [0.1, 0.15) is 0 Å². The van der Waals surface area contributed by atoms with E-state index in [0.717, 1.165) is 30.4 Å². The Kier molecular flexibility index (Phi) is 11.9. The third-order valence-corrected chi connectivity index (χ3v) is 7.36. The van der Waals surface area contributed by atoms with Gasteiger partial charge in [-0.15, -0.1) is 0 Å². The summed E-state index contributed by atoms with van der Waals surface area (Å²) in [6.45, 7) is 2.85. The van der Waals surface area contributed by atoms with E-state index in [-0.39, 0.29) is 5.82 Å². The van der Waals surface area contributed by atoms with Gasteiger partial charge in [0.25, 0.3) is 0 Å². The number of ether oxygens (including phenoxy) is 2. The summed E-state index contributed by atoms with van der Waals surface area (Å²) in [6.07, 6.45) is 18.0. The van der Waals surface area contributed by atoms with Crippen molar-refractivity contribution < 1.29 is 13.9 Å². The lowest BCUT2D eigenvalue weighted by atomic mass is 9.81. The predicted molar refractivity (Wildman–Crippen MR) is 141 cm³/mol. The van der Waals surface area contributed by atoms with Crippen molar-refractivity contribution in [3.8, 4) is 16.9 Å². The van der Waals surface area contributed by atoms with Crippen LogP contribution in [-0.4, -0.2) is 19.8 Å². The Hall–Kier alpha value is -1.87. The Bertz CT molecular complexity index is 817. The molecule has 3 heteroatoms. The van der Waals surface area contributed by atoms with Crippen molar-refractivity contribution in [2.45, 2.75) is 109 Å². The SMILES string of the molecule is CCCCCCCCCCCCOc1ccc(-c2ccc([C@H]3CCCC[C@@H]3OC)cc2)cc1F. The van der Waals surface area contributed by atoms with Gasteiger partial charge in [0.2, 0.25) is 0 Å². The van der Waals surface area contributed by atoms with Gasteiger partial charge in [-0.1, -0.05) is 108 Å². The van der Waals surface area contributed by atoms with Gasteiger partial charge < -0.3 is 9.47 Å². The van der Waals surface area contributed by atoms with Crippen LogP contribution in [0.5, 0.6) is 5.75 Å². The van der Waals surface area contributed by atoms with Crippen LogP contribution in [0.15, 0.2) is 42.5 Å². The van der Waals surface area contributed by atoms with Gasteiger partial charge in [-0.2, -0.15) is 0 Å². The average Bonchev–Trinajstić information content (AvgIpc) is 2.88. The minimum absolute atomic E-state index is 0.277. The highest BCUT2D eigenvalue weighted by molar-refractivity contribution is 5.64. The van der Waals surface area contributed by atoms with Crippen molar-refractivity contribution in [3.05, 3.63) is 53.8 Å². The van der Waals surface area contributed by atoms with E-state index in [4.69, 9.17) is 9.47 Å². The molecule has 2 atom stereocenters. The number of unbranched alkanes of at least 4 members (excludes halogenated alkanes) is 9. The van der Waals surface area contributed by atoms with E-state index < -0.39 is 0 Å². The second kappa shape index (κ2) is 15.2. The molecule has 0 spiro atoms. The molecule has 2 nitrogen and oxygen atoms in total. The van der Waals surface area contributed by atoms with Crippen molar-refractivity contribution in [1.29, 1.82) is 0 Å². The quantitative estimate of drug-likeness (QED) is 0.242. The van der Waals surface area contributed by atoms with Crippen LogP contribution in [0.3, 0.4) is 0 Å². The molecule has 0 radical (unpaired) electrons. The van der Waals surface area contributed by atoms with Crippen LogP contribution in [0.1, 0.15) is 108 Å². The highest BCUT2D eigenvalue weighted by Gasteiger charge is 2.26. The van der Waals surface area contributed by atoms with E-state index in [0.29, 0.717) is 24.4 Å². The fraction of sp³-hybridized carbons (Fsp3) is 0.613. The minimum Gasteiger partial charge on any atom is -0.491 e. The van der Waals surface area contributed by atoms with E-state index in [1.807, 2.05) is 13.2 Å². The molecule has 1 fully saturated rings. The third-order valence-electron chi connectivity index (χ3n) is 7.36. The zero-order valence-electron chi connectivity index (χ0n) is 21.5. The molecule has 0 saturated heterocycles. The first-order chi connectivity index (χ1) is 16.7. The van der Waals surface area contributed by atoms with E-state index in [2.05, 4.69) is 31.2 Å². The molecular weight excluding hydrogens is 423 g/mol. The Labute approximate surface area is 207 Å². The minimum atomic E-state index is -0.277. The lowest BCUT2D eigenvalue weighted by molar-refractivity contribution is 0.0523. The summed E-state index contributed by atoms with van der Waals surface area (Å²) in [6, 6.07) is 13.9. The zero-order valence-corrected chi connectivity index (χ0v) is 21.5. The average molecular weight is 469 g/mol. The van der Waals surface area contributed by atoms with Gasteiger partial charge in [-0.25, -0.2) is 4.39 Å². The lowest BCUT2D eigenvalue weighted by Crippen LogP contribution is -2.24. The van der Waals surface area contributed by atoms with E-state index in [1.54, 1.807) is 12.1 Å². The molecule has 0 N–H and O–H groups in total. The Morgan fingerprint density at radius 3 is 2.03 bits per heavy atom. The van der Waals surface area contributed by atoms with Gasteiger partial charge >= 0.3 is 0 Å². The molecule has 0 heterocycles. The van der Waals surface area contributed by atoms with Crippen molar-refractivity contribution in [3.63, 3.8) is 0 Å².